The van der Waals surface area contributed by atoms with Crippen LogP contribution in [0.5, 0.6) is 5.75 Å². The van der Waals surface area contributed by atoms with E-state index in [0.29, 0.717) is 28.6 Å². The zero-order valence-corrected chi connectivity index (χ0v) is 10.9. The highest BCUT2D eigenvalue weighted by atomic mass is 35.5. The second kappa shape index (κ2) is 5.23. The summed E-state index contributed by atoms with van der Waals surface area (Å²) in [6, 6.07) is 3.59. The molecule has 0 aliphatic carbocycles. The Kier molecular flexibility index (Phi) is 3.67. The number of hydrogen-bond donors (Lipinski definition) is 1. The maximum Gasteiger partial charge on any atom is 0.153 e. The molecule has 5 heteroatoms. The molecule has 1 N–H and O–H groups in total. The minimum Gasteiger partial charge on any atom is -0.493 e. The fourth-order valence-electron chi connectivity index (χ4n) is 1.85. The molecule has 2 aromatic rings. The first kappa shape index (κ1) is 12.6. The Hall–Kier alpha value is -1.81. The Morgan fingerprint density at radius 1 is 1.50 bits per heavy atom. The van der Waals surface area contributed by atoms with Gasteiger partial charge in [-0.25, -0.2) is 0 Å². The molecule has 4 nitrogen and oxygen atoms in total. The van der Waals surface area contributed by atoms with Crippen molar-refractivity contribution in [3.63, 3.8) is 0 Å². The number of nitrogens with one attached hydrogen (secondary N) is 1. The van der Waals surface area contributed by atoms with Gasteiger partial charge in [0.2, 0.25) is 0 Å². The molecule has 0 saturated heterocycles. The molecule has 1 aromatic carbocycles. The quantitative estimate of drug-likeness (QED) is 0.863. The van der Waals surface area contributed by atoms with Crippen molar-refractivity contribution in [1.82, 2.24) is 10.2 Å². The number of hydrogen-bond acceptors (Lipinski definition) is 3. The van der Waals surface area contributed by atoms with E-state index in [0.717, 1.165) is 17.4 Å². The van der Waals surface area contributed by atoms with Crippen molar-refractivity contribution in [3.8, 4) is 17.0 Å². The van der Waals surface area contributed by atoms with Crippen LogP contribution in [0.1, 0.15) is 22.8 Å². The summed E-state index contributed by atoms with van der Waals surface area (Å²) < 4.78 is 5.62. The third kappa shape index (κ3) is 2.24. The number of nitrogens with zero attached hydrogens (tertiary/aromatic N) is 1. The normalized spacial score (nSPS) is 10.4. The highest BCUT2D eigenvalue weighted by molar-refractivity contribution is 6.31. The van der Waals surface area contributed by atoms with Crippen LogP contribution in [0, 0.1) is 6.92 Å². The Morgan fingerprint density at radius 2 is 2.28 bits per heavy atom. The molecular formula is C13H13ClN2O2. The molecular weight excluding hydrogens is 252 g/mol. The third-order valence-corrected chi connectivity index (χ3v) is 2.81. The van der Waals surface area contributed by atoms with E-state index in [1.54, 1.807) is 6.07 Å². The van der Waals surface area contributed by atoms with Gasteiger partial charge in [0.05, 0.1) is 24.1 Å². The second-order valence-electron chi connectivity index (χ2n) is 3.85. The Bertz CT molecular complexity index is 578. The van der Waals surface area contributed by atoms with Crippen molar-refractivity contribution in [2.75, 3.05) is 6.61 Å². The molecule has 1 aromatic heterocycles. The fourth-order valence-corrected chi connectivity index (χ4v) is 2.12. The zero-order valence-electron chi connectivity index (χ0n) is 10.2. The standard InChI is InChI=1S/C13H13ClN2O2/c1-3-18-13-8(2)4-10(14)5-11(13)12-9(7-17)6-15-16-12/h4-7H,3H2,1-2H3,(H,15,16). The summed E-state index contributed by atoms with van der Waals surface area (Å²) in [7, 11) is 0. The van der Waals surface area contributed by atoms with Gasteiger partial charge in [0.25, 0.3) is 0 Å². The number of aryl methyl sites for hydroxylation is 1. The van der Waals surface area contributed by atoms with Crippen LogP contribution in [-0.2, 0) is 0 Å². The van der Waals surface area contributed by atoms with E-state index in [1.807, 2.05) is 19.9 Å². The topological polar surface area (TPSA) is 55.0 Å². The van der Waals surface area contributed by atoms with Crippen molar-refractivity contribution in [1.29, 1.82) is 0 Å². The summed E-state index contributed by atoms with van der Waals surface area (Å²) in [5.41, 5.74) is 2.78. The first-order valence-corrected chi connectivity index (χ1v) is 5.97. The number of rotatable bonds is 4. The molecule has 1 heterocycles. The molecule has 2 rings (SSSR count). The summed E-state index contributed by atoms with van der Waals surface area (Å²) in [4.78, 5) is 11.0. The largest absolute Gasteiger partial charge is 0.493 e. The van der Waals surface area contributed by atoms with Crippen molar-refractivity contribution in [3.05, 3.63) is 34.5 Å². The average Bonchev–Trinajstić information content (AvgIpc) is 2.80. The molecule has 0 amide bonds. The van der Waals surface area contributed by atoms with Crippen LogP contribution >= 0.6 is 11.6 Å². The number of benzene rings is 1. The average molecular weight is 265 g/mol. The van der Waals surface area contributed by atoms with Gasteiger partial charge in [-0.05, 0) is 31.5 Å². The van der Waals surface area contributed by atoms with Crippen molar-refractivity contribution in [2.24, 2.45) is 0 Å². The lowest BCUT2D eigenvalue weighted by Crippen LogP contribution is -1.98. The molecule has 0 radical (unpaired) electrons. The molecule has 94 valence electrons. The van der Waals surface area contributed by atoms with E-state index in [9.17, 15) is 4.79 Å². The van der Waals surface area contributed by atoms with Gasteiger partial charge in [-0.2, -0.15) is 5.10 Å². The highest BCUT2D eigenvalue weighted by Crippen LogP contribution is 2.36. The highest BCUT2D eigenvalue weighted by Gasteiger charge is 2.15. The summed E-state index contributed by atoms with van der Waals surface area (Å²) in [5, 5.41) is 7.28. The predicted octanol–water partition coefficient (Wildman–Crippen LogP) is 3.25. The van der Waals surface area contributed by atoms with E-state index in [-0.39, 0.29) is 0 Å². The van der Waals surface area contributed by atoms with Gasteiger partial charge in [-0.1, -0.05) is 11.6 Å². The van der Waals surface area contributed by atoms with Crippen LogP contribution in [0.4, 0.5) is 0 Å². The van der Waals surface area contributed by atoms with Crippen LogP contribution in [0.3, 0.4) is 0 Å². The van der Waals surface area contributed by atoms with E-state index in [1.165, 1.54) is 6.20 Å². The summed E-state index contributed by atoms with van der Waals surface area (Å²) in [5.74, 6) is 0.717. The van der Waals surface area contributed by atoms with E-state index in [4.69, 9.17) is 16.3 Å². The lowest BCUT2D eigenvalue weighted by molar-refractivity contribution is 0.112. The molecule has 0 aliphatic heterocycles. The summed E-state index contributed by atoms with van der Waals surface area (Å²) in [6.45, 7) is 4.36. The van der Waals surface area contributed by atoms with Gasteiger partial charge in [-0.3, -0.25) is 9.89 Å². The van der Waals surface area contributed by atoms with Crippen molar-refractivity contribution in [2.45, 2.75) is 13.8 Å². The van der Waals surface area contributed by atoms with E-state index >= 15 is 0 Å². The Morgan fingerprint density at radius 3 is 2.94 bits per heavy atom. The van der Waals surface area contributed by atoms with Crippen LogP contribution < -0.4 is 4.74 Å². The van der Waals surface area contributed by atoms with Crippen LogP contribution in [0.15, 0.2) is 18.3 Å². The molecule has 0 unspecified atom stereocenters. The lowest BCUT2D eigenvalue weighted by atomic mass is 10.0. The predicted molar refractivity (Wildman–Crippen MR) is 70.3 cm³/mol. The maximum absolute atomic E-state index is 11.0. The number of carbonyl (C=O) groups excluding carboxylic acids is 1. The first-order valence-electron chi connectivity index (χ1n) is 5.59. The van der Waals surface area contributed by atoms with Gasteiger partial charge in [-0.15, -0.1) is 0 Å². The van der Waals surface area contributed by atoms with Gasteiger partial charge < -0.3 is 4.74 Å². The number of ether oxygens (including phenoxy) is 1. The zero-order chi connectivity index (χ0) is 13.1. The summed E-state index contributed by atoms with van der Waals surface area (Å²) >= 11 is 6.06. The van der Waals surface area contributed by atoms with Gasteiger partial charge in [0.1, 0.15) is 5.75 Å². The molecule has 0 spiro atoms. The molecule has 0 atom stereocenters. The van der Waals surface area contributed by atoms with Crippen LogP contribution in [0.25, 0.3) is 11.3 Å². The molecule has 0 saturated carbocycles. The number of aldehydes is 1. The molecule has 0 aliphatic rings. The second-order valence-corrected chi connectivity index (χ2v) is 4.29. The fraction of sp³-hybridized carbons (Fsp3) is 0.231. The number of aromatic amines is 1. The van der Waals surface area contributed by atoms with Crippen LogP contribution in [0.2, 0.25) is 5.02 Å². The Labute approximate surface area is 110 Å². The number of aromatic nitrogens is 2. The minimum atomic E-state index is 0.484. The van der Waals surface area contributed by atoms with Gasteiger partial charge in [0.15, 0.2) is 6.29 Å². The number of halogens is 1. The van der Waals surface area contributed by atoms with Crippen molar-refractivity contribution < 1.29 is 9.53 Å². The minimum absolute atomic E-state index is 0.484. The summed E-state index contributed by atoms with van der Waals surface area (Å²) in [6.07, 6.45) is 2.24. The first-order chi connectivity index (χ1) is 8.67. The smallest absolute Gasteiger partial charge is 0.153 e. The lowest BCUT2D eigenvalue weighted by Gasteiger charge is -2.13. The van der Waals surface area contributed by atoms with E-state index < -0.39 is 0 Å². The SMILES string of the molecule is CCOc1c(C)cc(Cl)cc1-c1[nH]ncc1C=O. The van der Waals surface area contributed by atoms with Gasteiger partial charge in [0, 0.05) is 10.6 Å². The maximum atomic E-state index is 11.0. The molecule has 0 bridgehead atoms. The molecule has 18 heavy (non-hydrogen) atoms. The monoisotopic (exact) mass is 264 g/mol. The van der Waals surface area contributed by atoms with Crippen molar-refractivity contribution >= 4 is 17.9 Å². The molecule has 0 fully saturated rings. The van der Waals surface area contributed by atoms with E-state index in [2.05, 4.69) is 10.2 Å². The number of carbonyl (C=O) groups is 1. The van der Waals surface area contributed by atoms with Crippen LogP contribution in [-0.4, -0.2) is 23.1 Å². The van der Waals surface area contributed by atoms with Gasteiger partial charge >= 0.3 is 0 Å². The third-order valence-electron chi connectivity index (χ3n) is 2.59. The number of H-pyrrole nitrogens is 1. The Balaban J connectivity index is 2.65.